The van der Waals surface area contributed by atoms with Crippen molar-refractivity contribution >= 4 is 11.4 Å². The molecule has 0 saturated heterocycles. The van der Waals surface area contributed by atoms with Crippen LogP contribution in [0.5, 0.6) is 5.75 Å². The van der Waals surface area contributed by atoms with Gasteiger partial charge in [-0.1, -0.05) is 56.2 Å². The standard InChI is InChI=1S/C24H28O2/c1-3-4-5-6-18-7-9-20(10-8-18)23-16-13-21(17-24(23)25)19-11-14-22(26-2)15-12-19/h7-12,14-15,17,23H,3-6,13,16H2,1-2H3. The number of ketones is 1. The van der Waals surface area contributed by atoms with Gasteiger partial charge in [-0.25, -0.2) is 0 Å². The molecule has 2 nitrogen and oxygen atoms in total. The molecule has 1 atom stereocenters. The second-order valence-corrected chi connectivity index (χ2v) is 7.09. The van der Waals surface area contributed by atoms with Crippen molar-refractivity contribution in [1.29, 1.82) is 0 Å². The van der Waals surface area contributed by atoms with Gasteiger partial charge < -0.3 is 4.74 Å². The highest BCUT2D eigenvalue weighted by Gasteiger charge is 2.24. The molecular weight excluding hydrogens is 320 g/mol. The first-order valence-corrected chi connectivity index (χ1v) is 9.69. The maximum Gasteiger partial charge on any atom is 0.163 e. The van der Waals surface area contributed by atoms with Crippen LogP contribution in [-0.4, -0.2) is 12.9 Å². The van der Waals surface area contributed by atoms with Crippen LogP contribution >= 0.6 is 0 Å². The molecule has 26 heavy (non-hydrogen) atoms. The third kappa shape index (κ3) is 4.43. The van der Waals surface area contributed by atoms with E-state index in [4.69, 9.17) is 4.74 Å². The fraction of sp³-hybridized carbons (Fsp3) is 0.375. The molecule has 2 heteroatoms. The second-order valence-electron chi connectivity index (χ2n) is 7.09. The van der Waals surface area contributed by atoms with Crippen LogP contribution in [0.2, 0.25) is 0 Å². The van der Waals surface area contributed by atoms with E-state index in [0.29, 0.717) is 0 Å². The second kappa shape index (κ2) is 8.84. The Morgan fingerprint density at radius 3 is 2.35 bits per heavy atom. The Kier molecular flexibility index (Phi) is 6.27. The van der Waals surface area contributed by atoms with Crippen LogP contribution in [-0.2, 0) is 11.2 Å². The van der Waals surface area contributed by atoms with Crippen LogP contribution in [0.1, 0.15) is 61.6 Å². The lowest BCUT2D eigenvalue weighted by Gasteiger charge is -2.22. The number of hydrogen-bond acceptors (Lipinski definition) is 2. The topological polar surface area (TPSA) is 26.3 Å². The number of carbonyl (C=O) groups is 1. The molecule has 2 aromatic rings. The Morgan fingerprint density at radius 1 is 1.00 bits per heavy atom. The molecule has 0 bridgehead atoms. The number of rotatable bonds is 7. The van der Waals surface area contributed by atoms with E-state index in [1.54, 1.807) is 7.11 Å². The number of hydrogen-bond donors (Lipinski definition) is 0. The molecule has 3 rings (SSSR count). The Balaban J connectivity index is 1.67. The quantitative estimate of drug-likeness (QED) is 0.577. The Bertz CT molecular complexity index is 754. The van der Waals surface area contributed by atoms with Crippen LogP contribution in [0.4, 0.5) is 0 Å². The summed E-state index contributed by atoms with van der Waals surface area (Å²) in [6, 6.07) is 16.6. The highest BCUT2D eigenvalue weighted by Crippen LogP contribution is 2.34. The maximum atomic E-state index is 12.7. The van der Waals surface area contributed by atoms with Crippen LogP contribution < -0.4 is 4.74 Å². The van der Waals surface area contributed by atoms with Gasteiger partial charge in [-0.05, 0) is 66.2 Å². The Labute approximate surface area is 156 Å². The van der Waals surface area contributed by atoms with Crippen molar-refractivity contribution in [3.8, 4) is 5.75 Å². The van der Waals surface area contributed by atoms with Crippen molar-refractivity contribution in [3.05, 3.63) is 71.3 Å². The third-order valence-electron chi connectivity index (χ3n) is 5.27. The summed E-state index contributed by atoms with van der Waals surface area (Å²) in [5.41, 5.74) is 4.77. The van der Waals surface area contributed by atoms with E-state index >= 15 is 0 Å². The van der Waals surface area contributed by atoms with Gasteiger partial charge in [0.15, 0.2) is 5.78 Å². The molecule has 2 aromatic carbocycles. The number of allylic oxidation sites excluding steroid dienone is 2. The highest BCUT2D eigenvalue weighted by molar-refractivity contribution is 6.02. The number of unbranched alkanes of at least 4 members (excludes halogenated alkanes) is 2. The van der Waals surface area contributed by atoms with Crippen molar-refractivity contribution in [2.45, 2.75) is 51.4 Å². The third-order valence-corrected chi connectivity index (χ3v) is 5.27. The molecule has 1 aliphatic rings. The zero-order valence-electron chi connectivity index (χ0n) is 15.8. The van der Waals surface area contributed by atoms with Crippen molar-refractivity contribution < 1.29 is 9.53 Å². The first-order chi connectivity index (χ1) is 12.7. The zero-order chi connectivity index (χ0) is 18.4. The number of aryl methyl sites for hydroxylation is 1. The Hall–Kier alpha value is -2.35. The SMILES string of the molecule is CCCCCc1ccc(C2CCC(c3ccc(OC)cc3)=CC2=O)cc1. The number of methoxy groups -OCH3 is 1. The smallest absolute Gasteiger partial charge is 0.163 e. The predicted octanol–water partition coefficient (Wildman–Crippen LogP) is 5.96. The van der Waals surface area contributed by atoms with E-state index in [1.165, 1.54) is 24.8 Å². The van der Waals surface area contributed by atoms with Gasteiger partial charge in [0.05, 0.1) is 7.11 Å². The highest BCUT2D eigenvalue weighted by atomic mass is 16.5. The molecule has 0 fully saturated rings. The fourth-order valence-electron chi connectivity index (χ4n) is 3.65. The molecule has 0 heterocycles. The molecule has 0 amide bonds. The monoisotopic (exact) mass is 348 g/mol. The minimum absolute atomic E-state index is 0.00156. The van der Waals surface area contributed by atoms with Crippen molar-refractivity contribution in [2.75, 3.05) is 7.11 Å². The van der Waals surface area contributed by atoms with Gasteiger partial charge in [0.2, 0.25) is 0 Å². The van der Waals surface area contributed by atoms with E-state index in [9.17, 15) is 4.79 Å². The molecule has 0 aromatic heterocycles. The van der Waals surface area contributed by atoms with Crippen LogP contribution in [0.25, 0.3) is 5.57 Å². The van der Waals surface area contributed by atoms with Gasteiger partial charge in [0.1, 0.15) is 5.75 Å². The summed E-state index contributed by atoms with van der Waals surface area (Å²) in [4.78, 5) is 12.7. The van der Waals surface area contributed by atoms with Crippen molar-refractivity contribution in [1.82, 2.24) is 0 Å². The average Bonchev–Trinajstić information content (AvgIpc) is 2.69. The minimum Gasteiger partial charge on any atom is -0.497 e. The number of carbonyl (C=O) groups excluding carboxylic acids is 1. The van der Waals surface area contributed by atoms with Crippen LogP contribution in [0, 0.1) is 0 Å². The normalized spacial score (nSPS) is 17.1. The molecule has 136 valence electrons. The number of benzene rings is 2. The molecule has 0 radical (unpaired) electrons. The van der Waals surface area contributed by atoms with Gasteiger partial charge in [-0.2, -0.15) is 0 Å². The molecule has 1 aliphatic carbocycles. The summed E-state index contributed by atoms with van der Waals surface area (Å²) in [6.07, 6.45) is 8.55. The molecular formula is C24H28O2. The van der Waals surface area contributed by atoms with Crippen molar-refractivity contribution in [3.63, 3.8) is 0 Å². The lowest BCUT2D eigenvalue weighted by Crippen LogP contribution is -2.15. The average molecular weight is 348 g/mol. The first-order valence-electron chi connectivity index (χ1n) is 9.69. The summed E-state index contributed by atoms with van der Waals surface area (Å²) in [6.45, 7) is 2.23. The van der Waals surface area contributed by atoms with Gasteiger partial charge >= 0.3 is 0 Å². The van der Waals surface area contributed by atoms with Gasteiger partial charge in [0.25, 0.3) is 0 Å². The molecule has 1 unspecified atom stereocenters. The molecule has 0 aliphatic heterocycles. The van der Waals surface area contributed by atoms with Gasteiger partial charge in [0, 0.05) is 5.92 Å². The van der Waals surface area contributed by atoms with E-state index < -0.39 is 0 Å². The van der Waals surface area contributed by atoms with Gasteiger partial charge in [-0.15, -0.1) is 0 Å². The lowest BCUT2D eigenvalue weighted by molar-refractivity contribution is -0.116. The van der Waals surface area contributed by atoms with Crippen LogP contribution in [0.3, 0.4) is 0 Å². The summed E-state index contributed by atoms with van der Waals surface area (Å²) in [7, 11) is 1.66. The van der Waals surface area contributed by atoms with Crippen LogP contribution in [0.15, 0.2) is 54.6 Å². The van der Waals surface area contributed by atoms with E-state index in [2.05, 4.69) is 31.2 Å². The zero-order valence-corrected chi connectivity index (χ0v) is 15.8. The summed E-state index contributed by atoms with van der Waals surface area (Å²) < 4.78 is 5.21. The molecule has 0 N–H and O–H groups in total. The van der Waals surface area contributed by atoms with E-state index in [0.717, 1.165) is 41.7 Å². The fourth-order valence-corrected chi connectivity index (χ4v) is 3.65. The largest absolute Gasteiger partial charge is 0.497 e. The lowest BCUT2D eigenvalue weighted by atomic mass is 9.81. The van der Waals surface area contributed by atoms with Gasteiger partial charge in [-0.3, -0.25) is 4.79 Å². The minimum atomic E-state index is 0.00156. The summed E-state index contributed by atoms with van der Waals surface area (Å²) in [5.74, 6) is 1.07. The number of ether oxygens (including phenoxy) is 1. The van der Waals surface area contributed by atoms with E-state index in [-0.39, 0.29) is 11.7 Å². The van der Waals surface area contributed by atoms with E-state index in [1.807, 2.05) is 30.3 Å². The predicted molar refractivity (Wildman–Crippen MR) is 108 cm³/mol. The maximum absolute atomic E-state index is 12.7. The summed E-state index contributed by atoms with van der Waals surface area (Å²) >= 11 is 0. The summed E-state index contributed by atoms with van der Waals surface area (Å²) in [5, 5.41) is 0. The first kappa shape index (κ1) is 18.4. The Morgan fingerprint density at radius 2 is 1.73 bits per heavy atom. The molecule has 0 spiro atoms. The molecule has 0 saturated carbocycles. The van der Waals surface area contributed by atoms with Crippen molar-refractivity contribution in [2.24, 2.45) is 0 Å².